The summed E-state index contributed by atoms with van der Waals surface area (Å²) in [4.78, 5) is 8.27. The summed E-state index contributed by atoms with van der Waals surface area (Å²) >= 11 is 5.92. The van der Waals surface area contributed by atoms with Gasteiger partial charge < -0.3 is 9.42 Å². The lowest BCUT2D eigenvalue weighted by atomic mass is 10.1. The number of rotatable bonds is 4. The van der Waals surface area contributed by atoms with Gasteiger partial charge in [-0.25, -0.2) is 4.98 Å². The molecule has 3 aromatic rings. The van der Waals surface area contributed by atoms with Gasteiger partial charge in [0.25, 0.3) is 0 Å². The van der Waals surface area contributed by atoms with E-state index in [-0.39, 0.29) is 0 Å². The van der Waals surface area contributed by atoms with Crippen molar-refractivity contribution in [2.75, 3.05) is 31.1 Å². The van der Waals surface area contributed by atoms with Crippen LogP contribution >= 0.6 is 11.6 Å². The van der Waals surface area contributed by atoms with E-state index in [1.165, 1.54) is 6.07 Å². The number of alkyl halides is 3. The number of hydrogen-bond acceptors (Lipinski definition) is 5. The molecular weight excluding hydrogens is 417 g/mol. The highest BCUT2D eigenvalue weighted by Gasteiger charge is 2.31. The van der Waals surface area contributed by atoms with Crippen molar-refractivity contribution in [1.82, 2.24) is 15.0 Å². The molecule has 0 bridgehead atoms. The Morgan fingerprint density at radius 2 is 1.80 bits per heavy atom. The van der Waals surface area contributed by atoms with Crippen LogP contribution in [0, 0.1) is 0 Å². The molecular formula is C21H20ClF3N4O. The Hall–Kier alpha value is -2.58. The molecule has 30 heavy (non-hydrogen) atoms. The Balaban J connectivity index is 1.36. The molecule has 0 spiro atoms. The number of anilines is 1. The molecule has 0 atom stereocenters. The second-order valence-corrected chi connectivity index (χ2v) is 7.64. The fourth-order valence-electron chi connectivity index (χ4n) is 3.46. The lowest BCUT2D eigenvalue weighted by molar-refractivity contribution is -0.137. The molecule has 5 nitrogen and oxygen atoms in total. The first kappa shape index (κ1) is 20.7. The first-order chi connectivity index (χ1) is 14.4. The average molecular weight is 437 g/mol. The van der Waals surface area contributed by atoms with Crippen molar-refractivity contribution in [3.05, 3.63) is 65.0 Å². The van der Waals surface area contributed by atoms with Crippen LogP contribution in [0.1, 0.15) is 17.7 Å². The topological polar surface area (TPSA) is 45.4 Å². The van der Waals surface area contributed by atoms with Gasteiger partial charge in [0, 0.05) is 49.0 Å². The van der Waals surface area contributed by atoms with Gasteiger partial charge in [0.2, 0.25) is 0 Å². The number of benzene rings is 1. The third-order valence-electron chi connectivity index (χ3n) is 5.07. The quantitative estimate of drug-likeness (QED) is 0.568. The van der Waals surface area contributed by atoms with E-state index in [0.29, 0.717) is 23.9 Å². The predicted molar refractivity (Wildman–Crippen MR) is 108 cm³/mol. The minimum Gasteiger partial charge on any atom is -0.359 e. The molecule has 0 amide bonds. The molecule has 1 aliphatic heterocycles. The maximum Gasteiger partial charge on any atom is 0.417 e. The normalized spacial score (nSPS) is 15.9. The molecule has 2 aromatic heterocycles. The van der Waals surface area contributed by atoms with Gasteiger partial charge in [-0.1, -0.05) is 28.9 Å². The van der Waals surface area contributed by atoms with Crippen molar-refractivity contribution in [3.8, 4) is 11.3 Å². The van der Waals surface area contributed by atoms with Gasteiger partial charge in [0.15, 0.2) is 5.76 Å². The molecule has 0 aliphatic carbocycles. The first-order valence-corrected chi connectivity index (χ1v) is 9.98. The first-order valence-electron chi connectivity index (χ1n) is 9.60. The molecule has 0 saturated carbocycles. The van der Waals surface area contributed by atoms with E-state index in [2.05, 4.69) is 15.0 Å². The Kier molecular flexibility index (Phi) is 5.97. The van der Waals surface area contributed by atoms with Crippen LogP contribution in [0.3, 0.4) is 0 Å². The van der Waals surface area contributed by atoms with Crippen LogP contribution in [0.25, 0.3) is 11.3 Å². The number of pyridine rings is 1. The van der Waals surface area contributed by atoms with Crippen molar-refractivity contribution in [2.45, 2.75) is 19.1 Å². The van der Waals surface area contributed by atoms with Crippen LogP contribution < -0.4 is 4.90 Å². The van der Waals surface area contributed by atoms with E-state index in [1.807, 2.05) is 35.2 Å². The van der Waals surface area contributed by atoms with Gasteiger partial charge in [-0.15, -0.1) is 0 Å². The van der Waals surface area contributed by atoms with Crippen molar-refractivity contribution >= 4 is 17.4 Å². The number of aromatic nitrogens is 2. The minimum absolute atomic E-state index is 0.564. The Morgan fingerprint density at radius 3 is 2.50 bits per heavy atom. The van der Waals surface area contributed by atoms with Crippen LogP contribution in [-0.2, 0) is 12.7 Å². The second kappa shape index (κ2) is 8.65. The summed E-state index contributed by atoms with van der Waals surface area (Å²) in [5, 5.41) is 4.80. The van der Waals surface area contributed by atoms with Crippen LogP contribution in [0.15, 0.2) is 53.2 Å². The largest absolute Gasteiger partial charge is 0.417 e. The molecule has 4 rings (SSSR count). The minimum atomic E-state index is -4.37. The molecule has 0 unspecified atom stereocenters. The monoisotopic (exact) mass is 436 g/mol. The zero-order valence-corrected chi connectivity index (χ0v) is 16.8. The molecule has 3 heterocycles. The molecule has 0 radical (unpaired) electrons. The van der Waals surface area contributed by atoms with Crippen LogP contribution in [-0.4, -0.2) is 41.2 Å². The predicted octanol–water partition coefficient (Wildman–Crippen LogP) is 5.12. The van der Waals surface area contributed by atoms with E-state index in [1.54, 1.807) is 0 Å². The zero-order chi connectivity index (χ0) is 21.1. The summed E-state index contributed by atoms with van der Waals surface area (Å²) in [6.45, 7) is 3.64. The molecule has 1 aromatic carbocycles. The highest BCUT2D eigenvalue weighted by Crippen LogP contribution is 2.29. The summed E-state index contributed by atoms with van der Waals surface area (Å²) in [5.74, 6) is 1.33. The standard InChI is InChI=1S/C21H20ClF3N4O/c22-17-5-2-15(3-6-17)19-12-18(30-27-19)14-28-8-1-9-29(11-10-28)20-7-4-16(13-26-20)21(23,24)25/h2-7,12-13H,1,8-11,14H2. The SMILES string of the molecule is FC(F)(F)c1ccc(N2CCCN(Cc3cc(-c4ccc(Cl)cc4)no3)CC2)nc1. The molecule has 1 aliphatic rings. The maximum absolute atomic E-state index is 12.7. The number of nitrogens with zero attached hydrogens (tertiary/aromatic N) is 4. The zero-order valence-electron chi connectivity index (χ0n) is 16.1. The van der Waals surface area contributed by atoms with E-state index >= 15 is 0 Å². The Bertz CT molecular complexity index is 973. The maximum atomic E-state index is 12.7. The molecule has 1 fully saturated rings. The summed E-state index contributed by atoms with van der Waals surface area (Å²) in [6.07, 6.45) is -2.60. The summed E-state index contributed by atoms with van der Waals surface area (Å²) in [5.41, 5.74) is 0.960. The van der Waals surface area contributed by atoms with E-state index in [0.717, 1.165) is 55.3 Å². The van der Waals surface area contributed by atoms with E-state index < -0.39 is 11.7 Å². The summed E-state index contributed by atoms with van der Waals surface area (Å²) in [7, 11) is 0. The Morgan fingerprint density at radius 1 is 1.00 bits per heavy atom. The van der Waals surface area contributed by atoms with Gasteiger partial charge in [0.05, 0.1) is 12.1 Å². The van der Waals surface area contributed by atoms with Crippen LogP contribution in [0.2, 0.25) is 5.02 Å². The van der Waals surface area contributed by atoms with Crippen molar-refractivity contribution in [3.63, 3.8) is 0 Å². The second-order valence-electron chi connectivity index (χ2n) is 7.20. The van der Waals surface area contributed by atoms with Gasteiger partial charge in [-0.2, -0.15) is 13.2 Å². The van der Waals surface area contributed by atoms with Crippen molar-refractivity contribution in [2.24, 2.45) is 0 Å². The third kappa shape index (κ3) is 4.94. The fourth-order valence-corrected chi connectivity index (χ4v) is 3.59. The molecule has 9 heteroatoms. The highest BCUT2D eigenvalue weighted by atomic mass is 35.5. The van der Waals surface area contributed by atoms with Crippen LogP contribution in [0.5, 0.6) is 0 Å². The van der Waals surface area contributed by atoms with E-state index in [9.17, 15) is 13.2 Å². The van der Waals surface area contributed by atoms with Crippen molar-refractivity contribution < 1.29 is 17.7 Å². The van der Waals surface area contributed by atoms with Gasteiger partial charge in [-0.3, -0.25) is 4.90 Å². The molecule has 0 N–H and O–H groups in total. The Labute approximate surface area is 177 Å². The number of hydrogen-bond donors (Lipinski definition) is 0. The van der Waals surface area contributed by atoms with Crippen LogP contribution in [0.4, 0.5) is 19.0 Å². The third-order valence-corrected chi connectivity index (χ3v) is 5.32. The average Bonchev–Trinajstić information content (AvgIpc) is 3.06. The summed E-state index contributed by atoms with van der Waals surface area (Å²) < 4.78 is 43.7. The molecule has 1 saturated heterocycles. The smallest absolute Gasteiger partial charge is 0.359 e. The number of halogens is 4. The lowest BCUT2D eigenvalue weighted by Gasteiger charge is -2.22. The van der Waals surface area contributed by atoms with Gasteiger partial charge >= 0.3 is 6.18 Å². The van der Waals surface area contributed by atoms with Gasteiger partial charge in [-0.05, 0) is 30.7 Å². The van der Waals surface area contributed by atoms with Gasteiger partial charge in [0.1, 0.15) is 11.5 Å². The van der Waals surface area contributed by atoms with E-state index in [4.69, 9.17) is 16.1 Å². The summed E-state index contributed by atoms with van der Waals surface area (Å²) in [6, 6.07) is 11.8. The lowest BCUT2D eigenvalue weighted by Crippen LogP contribution is -2.30. The molecule has 158 valence electrons. The fraction of sp³-hybridized carbons (Fsp3) is 0.333. The highest BCUT2D eigenvalue weighted by molar-refractivity contribution is 6.30. The van der Waals surface area contributed by atoms with Crippen molar-refractivity contribution in [1.29, 1.82) is 0 Å².